The number of rotatable bonds is 5. The van der Waals surface area contributed by atoms with E-state index in [0.717, 1.165) is 11.5 Å². The van der Waals surface area contributed by atoms with E-state index in [1.807, 2.05) is 0 Å². The summed E-state index contributed by atoms with van der Waals surface area (Å²) in [5, 5.41) is 3.60. The monoisotopic (exact) mass is 265 g/mol. The van der Waals surface area contributed by atoms with Gasteiger partial charge in [0.1, 0.15) is 6.33 Å². The summed E-state index contributed by atoms with van der Waals surface area (Å²) in [4.78, 5) is 8.27. The number of ether oxygens (including phenoxy) is 2. The van der Waals surface area contributed by atoms with Gasteiger partial charge in [-0.05, 0) is 18.8 Å². The van der Waals surface area contributed by atoms with E-state index in [0.29, 0.717) is 24.3 Å². The summed E-state index contributed by atoms with van der Waals surface area (Å²) in [6, 6.07) is 0.559. The second-order valence-corrected chi connectivity index (χ2v) is 5.12. The second kappa shape index (κ2) is 6.70. The van der Waals surface area contributed by atoms with Gasteiger partial charge in [0.25, 0.3) is 0 Å². The van der Waals surface area contributed by atoms with Gasteiger partial charge in [-0.2, -0.15) is 0 Å². The molecule has 1 N–H and O–H groups in total. The number of methoxy groups -OCH3 is 2. The third-order valence-electron chi connectivity index (χ3n) is 3.91. The summed E-state index contributed by atoms with van der Waals surface area (Å²) in [6.07, 6.45) is 6.66. The van der Waals surface area contributed by atoms with Crippen molar-refractivity contribution in [2.24, 2.45) is 5.92 Å². The van der Waals surface area contributed by atoms with E-state index < -0.39 is 0 Å². The van der Waals surface area contributed by atoms with Crippen LogP contribution in [-0.2, 0) is 6.54 Å². The average molecular weight is 265 g/mol. The molecule has 2 unspecified atom stereocenters. The van der Waals surface area contributed by atoms with Crippen LogP contribution in [0, 0.1) is 5.92 Å². The Kier molecular flexibility index (Phi) is 4.96. The van der Waals surface area contributed by atoms with Crippen LogP contribution in [-0.4, -0.2) is 30.2 Å². The molecule has 5 heteroatoms. The highest BCUT2D eigenvalue weighted by atomic mass is 16.5. The van der Waals surface area contributed by atoms with Gasteiger partial charge in [0.2, 0.25) is 11.8 Å². The van der Waals surface area contributed by atoms with Gasteiger partial charge >= 0.3 is 0 Å². The fraction of sp³-hybridized carbons (Fsp3) is 0.714. The molecule has 1 fully saturated rings. The standard InChI is InChI=1S/C14H23N3O2/c1-10-6-4-5-7-12(10)15-8-11-13(18-2)16-9-17-14(11)19-3/h9-10,12,15H,4-8H2,1-3H3. The molecule has 1 aromatic heterocycles. The van der Waals surface area contributed by atoms with Gasteiger partial charge in [0, 0.05) is 12.6 Å². The molecule has 5 nitrogen and oxygen atoms in total. The lowest BCUT2D eigenvalue weighted by Gasteiger charge is -2.29. The minimum atomic E-state index is 0.559. The zero-order chi connectivity index (χ0) is 13.7. The van der Waals surface area contributed by atoms with Gasteiger partial charge in [-0.15, -0.1) is 0 Å². The van der Waals surface area contributed by atoms with Crippen molar-refractivity contribution < 1.29 is 9.47 Å². The first-order valence-corrected chi connectivity index (χ1v) is 6.91. The second-order valence-electron chi connectivity index (χ2n) is 5.12. The highest BCUT2D eigenvalue weighted by Crippen LogP contribution is 2.27. The van der Waals surface area contributed by atoms with Gasteiger partial charge < -0.3 is 14.8 Å². The Morgan fingerprint density at radius 1 is 1.16 bits per heavy atom. The molecule has 1 aliphatic carbocycles. The third kappa shape index (κ3) is 3.35. The fourth-order valence-corrected chi connectivity index (χ4v) is 2.74. The maximum atomic E-state index is 5.28. The van der Waals surface area contributed by atoms with Crippen LogP contribution in [0.15, 0.2) is 6.33 Å². The smallest absolute Gasteiger partial charge is 0.224 e. The van der Waals surface area contributed by atoms with Crippen LogP contribution in [0.1, 0.15) is 38.2 Å². The lowest BCUT2D eigenvalue weighted by molar-refractivity contribution is 0.275. The first kappa shape index (κ1) is 14.1. The van der Waals surface area contributed by atoms with Gasteiger partial charge in [0.05, 0.1) is 19.8 Å². The van der Waals surface area contributed by atoms with Gasteiger partial charge in [-0.3, -0.25) is 0 Å². The fourth-order valence-electron chi connectivity index (χ4n) is 2.74. The van der Waals surface area contributed by atoms with Crippen molar-refractivity contribution >= 4 is 0 Å². The molecule has 1 heterocycles. The Morgan fingerprint density at radius 3 is 2.37 bits per heavy atom. The molecule has 0 saturated heterocycles. The van der Waals surface area contributed by atoms with Crippen LogP contribution in [0.4, 0.5) is 0 Å². The molecule has 0 radical (unpaired) electrons. The summed E-state index contributed by atoms with van der Waals surface area (Å²) in [7, 11) is 3.24. The average Bonchev–Trinajstić information content (AvgIpc) is 2.46. The van der Waals surface area contributed by atoms with Crippen LogP contribution in [0.5, 0.6) is 11.8 Å². The largest absolute Gasteiger partial charge is 0.481 e. The van der Waals surface area contributed by atoms with Crippen LogP contribution < -0.4 is 14.8 Å². The SMILES string of the molecule is COc1ncnc(OC)c1CNC1CCCCC1C. The summed E-state index contributed by atoms with van der Waals surface area (Å²) in [5.41, 5.74) is 0.894. The zero-order valence-corrected chi connectivity index (χ0v) is 12.0. The van der Waals surface area contributed by atoms with Crippen molar-refractivity contribution in [1.82, 2.24) is 15.3 Å². The molecule has 19 heavy (non-hydrogen) atoms. The topological polar surface area (TPSA) is 56.3 Å². The summed E-state index contributed by atoms with van der Waals surface area (Å²) < 4.78 is 10.6. The predicted molar refractivity (Wildman–Crippen MR) is 73.4 cm³/mol. The van der Waals surface area contributed by atoms with E-state index in [-0.39, 0.29) is 0 Å². The highest BCUT2D eigenvalue weighted by Gasteiger charge is 2.22. The highest BCUT2D eigenvalue weighted by molar-refractivity contribution is 5.34. The normalized spacial score (nSPS) is 23.1. The van der Waals surface area contributed by atoms with E-state index in [4.69, 9.17) is 9.47 Å². The molecule has 0 amide bonds. The van der Waals surface area contributed by atoms with E-state index in [1.165, 1.54) is 32.0 Å². The lowest BCUT2D eigenvalue weighted by Crippen LogP contribution is -2.36. The van der Waals surface area contributed by atoms with E-state index in [9.17, 15) is 0 Å². The Labute approximate surface area is 114 Å². The lowest BCUT2D eigenvalue weighted by atomic mass is 9.86. The maximum Gasteiger partial charge on any atom is 0.224 e. The molecule has 2 rings (SSSR count). The number of hydrogen-bond donors (Lipinski definition) is 1. The molecule has 0 aliphatic heterocycles. The number of hydrogen-bond acceptors (Lipinski definition) is 5. The molecule has 1 aliphatic rings. The van der Waals surface area contributed by atoms with E-state index >= 15 is 0 Å². The van der Waals surface area contributed by atoms with Crippen molar-refractivity contribution in [2.75, 3.05) is 14.2 Å². The summed E-state index contributed by atoms with van der Waals surface area (Å²) in [5.74, 6) is 1.89. The quantitative estimate of drug-likeness (QED) is 0.884. The molecule has 0 bridgehead atoms. The first-order valence-electron chi connectivity index (χ1n) is 6.91. The third-order valence-corrected chi connectivity index (χ3v) is 3.91. The molecular weight excluding hydrogens is 242 g/mol. The summed E-state index contributed by atoms with van der Waals surface area (Å²) >= 11 is 0. The minimum absolute atomic E-state index is 0.559. The Balaban J connectivity index is 2.05. The Morgan fingerprint density at radius 2 is 1.79 bits per heavy atom. The minimum Gasteiger partial charge on any atom is -0.481 e. The predicted octanol–water partition coefficient (Wildman–Crippen LogP) is 2.16. The Bertz CT molecular complexity index is 389. The number of aromatic nitrogens is 2. The van der Waals surface area contributed by atoms with Gasteiger partial charge in [-0.25, -0.2) is 9.97 Å². The van der Waals surface area contributed by atoms with Crippen LogP contribution in [0.3, 0.4) is 0 Å². The van der Waals surface area contributed by atoms with Crippen molar-refractivity contribution in [2.45, 2.75) is 45.2 Å². The molecule has 0 aromatic carbocycles. The number of nitrogens with zero attached hydrogens (tertiary/aromatic N) is 2. The first-order chi connectivity index (χ1) is 9.26. The van der Waals surface area contributed by atoms with Crippen LogP contribution in [0.25, 0.3) is 0 Å². The molecule has 2 atom stereocenters. The van der Waals surface area contributed by atoms with Crippen molar-refractivity contribution in [1.29, 1.82) is 0 Å². The molecule has 1 aromatic rings. The van der Waals surface area contributed by atoms with Crippen LogP contribution in [0.2, 0.25) is 0 Å². The molecular formula is C14H23N3O2. The molecule has 0 spiro atoms. The van der Waals surface area contributed by atoms with Crippen molar-refractivity contribution in [3.05, 3.63) is 11.9 Å². The molecule has 106 valence electrons. The van der Waals surface area contributed by atoms with Gasteiger partial charge in [0.15, 0.2) is 0 Å². The molecule has 1 saturated carbocycles. The van der Waals surface area contributed by atoms with Crippen molar-refractivity contribution in [3.63, 3.8) is 0 Å². The Hall–Kier alpha value is -1.36. The van der Waals surface area contributed by atoms with E-state index in [1.54, 1.807) is 14.2 Å². The van der Waals surface area contributed by atoms with Crippen LogP contribution >= 0.6 is 0 Å². The zero-order valence-electron chi connectivity index (χ0n) is 12.0. The van der Waals surface area contributed by atoms with Crippen molar-refractivity contribution in [3.8, 4) is 11.8 Å². The number of nitrogens with one attached hydrogen (secondary N) is 1. The maximum absolute atomic E-state index is 5.28. The van der Waals surface area contributed by atoms with E-state index in [2.05, 4.69) is 22.2 Å². The van der Waals surface area contributed by atoms with Gasteiger partial charge in [-0.1, -0.05) is 19.8 Å². The summed E-state index contributed by atoms with van der Waals surface area (Å²) in [6.45, 7) is 3.00.